The van der Waals surface area contributed by atoms with E-state index in [1.54, 1.807) is 30.3 Å². The number of phenolic OH excluding ortho intramolecular Hbond substituents is 1. The van der Waals surface area contributed by atoms with E-state index in [0.29, 0.717) is 22.3 Å². The fraction of sp³-hybridized carbons (Fsp3) is 0.0455. The SMILES string of the molecule is C=Cc1ccccc1-c1c(/C(N)=N\O)cc(C(F)(F)F)cc1-c1ccc(O)cc1. The van der Waals surface area contributed by atoms with Crippen LogP contribution in [0.4, 0.5) is 13.2 Å². The summed E-state index contributed by atoms with van der Waals surface area (Å²) in [6.45, 7) is 3.76. The van der Waals surface area contributed by atoms with Crippen molar-refractivity contribution in [3.05, 3.63) is 83.9 Å². The Kier molecular flexibility index (Phi) is 5.32. The minimum atomic E-state index is -4.65. The molecule has 0 heterocycles. The van der Waals surface area contributed by atoms with E-state index in [-0.39, 0.29) is 16.9 Å². The largest absolute Gasteiger partial charge is 0.508 e. The molecule has 3 rings (SSSR count). The zero-order chi connectivity index (χ0) is 21.2. The van der Waals surface area contributed by atoms with Crippen LogP contribution in [0.2, 0.25) is 0 Å². The molecule has 0 aliphatic carbocycles. The number of alkyl halides is 3. The first-order valence-electron chi connectivity index (χ1n) is 8.50. The lowest BCUT2D eigenvalue weighted by atomic mass is 9.86. The molecule has 0 saturated carbocycles. The molecule has 29 heavy (non-hydrogen) atoms. The lowest BCUT2D eigenvalue weighted by molar-refractivity contribution is -0.137. The molecule has 0 spiro atoms. The van der Waals surface area contributed by atoms with Crippen LogP contribution in [0.5, 0.6) is 5.75 Å². The monoisotopic (exact) mass is 398 g/mol. The molecule has 4 N–H and O–H groups in total. The Labute approximate surface area is 165 Å². The van der Waals surface area contributed by atoms with E-state index in [1.807, 2.05) is 0 Å². The highest BCUT2D eigenvalue weighted by Crippen LogP contribution is 2.42. The van der Waals surface area contributed by atoms with Crippen LogP contribution in [0.15, 0.2) is 72.4 Å². The molecular weight excluding hydrogens is 381 g/mol. The molecule has 0 radical (unpaired) electrons. The highest BCUT2D eigenvalue weighted by molar-refractivity contribution is 6.07. The molecule has 0 aliphatic rings. The summed E-state index contributed by atoms with van der Waals surface area (Å²) in [5.74, 6) is -0.476. The van der Waals surface area contributed by atoms with Crippen molar-refractivity contribution in [3.63, 3.8) is 0 Å². The predicted molar refractivity (Wildman–Crippen MR) is 107 cm³/mol. The summed E-state index contributed by atoms with van der Waals surface area (Å²) in [7, 11) is 0. The third-order valence-electron chi connectivity index (χ3n) is 4.48. The normalized spacial score (nSPS) is 12.0. The Balaban J connectivity index is 2.49. The van der Waals surface area contributed by atoms with E-state index in [4.69, 9.17) is 5.73 Å². The van der Waals surface area contributed by atoms with Gasteiger partial charge in [-0.3, -0.25) is 0 Å². The van der Waals surface area contributed by atoms with Crippen molar-refractivity contribution >= 4 is 11.9 Å². The van der Waals surface area contributed by atoms with Crippen LogP contribution in [0, 0.1) is 0 Å². The maximum atomic E-state index is 13.6. The Morgan fingerprint density at radius 3 is 2.24 bits per heavy atom. The average molecular weight is 398 g/mol. The predicted octanol–water partition coefficient (Wildman–Crippen LogP) is 5.48. The Bertz CT molecular complexity index is 1090. The highest BCUT2D eigenvalue weighted by atomic mass is 19.4. The number of nitrogens with two attached hydrogens (primary N) is 1. The second-order valence-corrected chi connectivity index (χ2v) is 6.27. The van der Waals surface area contributed by atoms with Crippen LogP contribution in [-0.2, 0) is 6.18 Å². The number of benzene rings is 3. The third kappa shape index (κ3) is 3.94. The van der Waals surface area contributed by atoms with Gasteiger partial charge in [0.2, 0.25) is 0 Å². The van der Waals surface area contributed by atoms with Crippen molar-refractivity contribution in [2.75, 3.05) is 0 Å². The minimum Gasteiger partial charge on any atom is -0.508 e. The quantitative estimate of drug-likeness (QED) is 0.236. The molecule has 4 nitrogen and oxygen atoms in total. The first-order chi connectivity index (χ1) is 13.8. The van der Waals surface area contributed by atoms with Gasteiger partial charge in [0, 0.05) is 11.1 Å². The smallest absolute Gasteiger partial charge is 0.416 e. The van der Waals surface area contributed by atoms with Crippen LogP contribution in [0.1, 0.15) is 16.7 Å². The zero-order valence-electron chi connectivity index (χ0n) is 15.1. The average Bonchev–Trinajstić information content (AvgIpc) is 2.72. The van der Waals surface area contributed by atoms with Gasteiger partial charge in [-0.05, 0) is 46.5 Å². The Morgan fingerprint density at radius 2 is 1.66 bits per heavy atom. The summed E-state index contributed by atoms with van der Waals surface area (Å²) in [6.07, 6.45) is -3.07. The number of rotatable bonds is 4. The summed E-state index contributed by atoms with van der Waals surface area (Å²) >= 11 is 0. The molecule has 0 amide bonds. The van der Waals surface area contributed by atoms with Gasteiger partial charge < -0.3 is 16.0 Å². The van der Waals surface area contributed by atoms with Crippen LogP contribution in [-0.4, -0.2) is 16.1 Å². The molecular formula is C22H17F3N2O2. The van der Waals surface area contributed by atoms with Gasteiger partial charge in [0.15, 0.2) is 5.84 Å². The van der Waals surface area contributed by atoms with E-state index in [9.17, 15) is 23.5 Å². The molecule has 3 aromatic rings. The summed E-state index contributed by atoms with van der Waals surface area (Å²) in [4.78, 5) is 0. The second kappa shape index (κ2) is 7.71. The molecule has 0 aliphatic heterocycles. The number of hydrogen-bond acceptors (Lipinski definition) is 3. The Morgan fingerprint density at radius 1 is 1.00 bits per heavy atom. The van der Waals surface area contributed by atoms with Gasteiger partial charge in [-0.2, -0.15) is 13.2 Å². The number of hydrogen-bond donors (Lipinski definition) is 3. The van der Waals surface area contributed by atoms with E-state index in [2.05, 4.69) is 11.7 Å². The van der Waals surface area contributed by atoms with E-state index in [0.717, 1.165) is 12.1 Å². The number of nitrogens with zero attached hydrogens (tertiary/aromatic N) is 1. The van der Waals surface area contributed by atoms with E-state index < -0.39 is 17.6 Å². The topological polar surface area (TPSA) is 78.8 Å². The summed E-state index contributed by atoms with van der Waals surface area (Å²) in [5, 5.41) is 21.7. The number of phenols is 1. The number of aromatic hydroxyl groups is 1. The standard InChI is InChI=1S/C22H17F3N2O2/c1-2-13-5-3-4-6-17(13)20-18(14-7-9-16(28)10-8-14)11-15(22(23,24)25)12-19(20)21(26)27-29/h2-12,28-29H,1H2,(H2,26,27). The van der Waals surface area contributed by atoms with Gasteiger partial charge in [-0.15, -0.1) is 0 Å². The molecule has 0 atom stereocenters. The van der Waals surface area contributed by atoms with Crippen LogP contribution >= 0.6 is 0 Å². The molecule has 148 valence electrons. The first-order valence-corrected chi connectivity index (χ1v) is 8.50. The van der Waals surface area contributed by atoms with Gasteiger partial charge in [-0.1, -0.05) is 54.2 Å². The lowest BCUT2D eigenvalue weighted by Gasteiger charge is -2.20. The van der Waals surface area contributed by atoms with Crippen molar-refractivity contribution < 1.29 is 23.5 Å². The zero-order valence-corrected chi connectivity index (χ0v) is 15.1. The molecule has 7 heteroatoms. The van der Waals surface area contributed by atoms with E-state index in [1.165, 1.54) is 24.3 Å². The van der Waals surface area contributed by atoms with Crippen molar-refractivity contribution in [1.82, 2.24) is 0 Å². The van der Waals surface area contributed by atoms with Crippen molar-refractivity contribution in [1.29, 1.82) is 0 Å². The molecule has 0 unspecified atom stereocenters. The van der Waals surface area contributed by atoms with Crippen LogP contribution in [0.25, 0.3) is 28.3 Å². The van der Waals surface area contributed by atoms with Crippen molar-refractivity contribution in [2.24, 2.45) is 10.9 Å². The molecule has 3 aromatic carbocycles. The van der Waals surface area contributed by atoms with Crippen molar-refractivity contribution in [3.8, 4) is 28.0 Å². The lowest BCUT2D eigenvalue weighted by Crippen LogP contribution is -2.17. The van der Waals surface area contributed by atoms with Gasteiger partial charge in [-0.25, -0.2) is 0 Å². The second-order valence-electron chi connectivity index (χ2n) is 6.27. The first kappa shape index (κ1) is 20.0. The minimum absolute atomic E-state index is 0.0228. The van der Waals surface area contributed by atoms with Crippen LogP contribution in [0.3, 0.4) is 0 Å². The molecule has 0 saturated heterocycles. The summed E-state index contributed by atoms with van der Waals surface area (Å²) < 4.78 is 40.7. The summed E-state index contributed by atoms with van der Waals surface area (Å²) in [5.41, 5.74) is 7.00. The van der Waals surface area contributed by atoms with Gasteiger partial charge >= 0.3 is 6.18 Å². The Hall–Kier alpha value is -3.74. The van der Waals surface area contributed by atoms with Gasteiger partial charge in [0.05, 0.1) is 5.56 Å². The number of amidine groups is 1. The van der Waals surface area contributed by atoms with Gasteiger partial charge in [0.1, 0.15) is 5.75 Å². The third-order valence-corrected chi connectivity index (χ3v) is 4.48. The fourth-order valence-corrected chi connectivity index (χ4v) is 3.12. The van der Waals surface area contributed by atoms with Crippen molar-refractivity contribution in [2.45, 2.75) is 6.18 Å². The summed E-state index contributed by atoms with van der Waals surface area (Å²) in [6, 6.07) is 14.6. The fourth-order valence-electron chi connectivity index (χ4n) is 3.12. The number of oxime groups is 1. The maximum absolute atomic E-state index is 13.6. The van der Waals surface area contributed by atoms with E-state index >= 15 is 0 Å². The van der Waals surface area contributed by atoms with Gasteiger partial charge in [0.25, 0.3) is 0 Å². The molecule has 0 bridgehead atoms. The number of halogens is 3. The molecule has 0 aromatic heterocycles. The maximum Gasteiger partial charge on any atom is 0.416 e. The van der Waals surface area contributed by atoms with Crippen LogP contribution < -0.4 is 5.73 Å². The highest BCUT2D eigenvalue weighted by Gasteiger charge is 2.33. The molecule has 0 fully saturated rings.